The summed E-state index contributed by atoms with van der Waals surface area (Å²) in [6.07, 6.45) is 2.76. The van der Waals surface area contributed by atoms with Crippen LogP contribution in [0.1, 0.15) is 11.9 Å². The zero-order valence-corrected chi connectivity index (χ0v) is 12.8. The molecule has 0 bridgehead atoms. The third-order valence-corrected chi connectivity index (χ3v) is 4.60. The molecule has 3 aromatic rings. The summed E-state index contributed by atoms with van der Waals surface area (Å²) in [4.78, 5) is 8.89. The third-order valence-electron chi connectivity index (χ3n) is 2.78. The highest BCUT2D eigenvalue weighted by molar-refractivity contribution is 7.22. The minimum Gasteiger partial charge on any atom is -0.492 e. The molecule has 0 spiro atoms. The number of rotatable bonds is 6. The van der Waals surface area contributed by atoms with E-state index in [0.717, 1.165) is 39.1 Å². The standard InChI is InChI=1S/C14H15N3OS2/c1-2-18-10-4-3-5-11-13(10)17-14(20-11)16-7-6-12-15-8-9-19-12/h3-5,8-9H,2,6-7H2,1H3,(H,16,17). The van der Waals surface area contributed by atoms with E-state index in [-0.39, 0.29) is 0 Å². The van der Waals surface area contributed by atoms with E-state index in [4.69, 9.17) is 4.74 Å². The van der Waals surface area contributed by atoms with Gasteiger partial charge in [0, 0.05) is 24.5 Å². The minimum atomic E-state index is 0.656. The summed E-state index contributed by atoms with van der Waals surface area (Å²) in [5.74, 6) is 0.856. The van der Waals surface area contributed by atoms with Crippen molar-refractivity contribution in [2.24, 2.45) is 0 Å². The maximum atomic E-state index is 5.60. The molecule has 1 aromatic carbocycles. The van der Waals surface area contributed by atoms with Crippen LogP contribution >= 0.6 is 22.7 Å². The minimum absolute atomic E-state index is 0.656. The van der Waals surface area contributed by atoms with Crippen LogP contribution in [0.25, 0.3) is 10.2 Å². The Kier molecular flexibility index (Phi) is 4.13. The van der Waals surface area contributed by atoms with Gasteiger partial charge in [-0.2, -0.15) is 0 Å². The van der Waals surface area contributed by atoms with Gasteiger partial charge in [0.05, 0.1) is 16.3 Å². The van der Waals surface area contributed by atoms with E-state index < -0.39 is 0 Å². The molecule has 6 heteroatoms. The molecule has 2 heterocycles. The Morgan fingerprint density at radius 1 is 1.35 bits per heavy atom. The molecule has 0 saturated carbocycles. The second-order valence-corrected chi connectivity index (χ2v) is 6.17. The number of nitrogens with zero attached hydrogens (tertiary/aromatic N) is 2. The predicted octanol–water partition coefficient (Wildman–Crippen LogP) is 3.81. The first-order valence-electron chi connectivity index (χ1n) is 6.51. The maximum absolute atomic E-state index is 5.60. The number of benzene rings is 1. The van der Waals surface area contributed by atoms with Gasteiger partial charge in [-0.25, -0.2) is 9.97 Å². The number of ether oxygens (including phenoxy) is 1. The van der Waals surface area contributed by atoms with Gasteiger partial charge >= 0.3 is 0 Å². The second-order valence-electron chi connectivity index (χ2n) is 4.16. The van der Waals surface area contributed by atoms with Gasteiger partial charge in [-0.1, -0.05) is 17.4 Å². The van der Waals surface area contributed by atoms with Crippen LogP contribution in [-0.2, 0) is 6.42 Å². The van der Waals surface area contributed by atoms with Gasteiger partial charge in [-0.3, -0.25) is 0 Å². The average Bonchev–Trinajstić information content (AvgIpc) is 3.08. The fourth-order valence-electron chi connectivity index (χ4n) is 1.92. The lowest BCUT2D eigenvalue weighted by Crippen LogP contribution is -2.04. The van der Waals surface area contributed by atoms with Crippen molar-refractivity contribution in [2.75, 3.05) is 18.5 Å². The lowest BCUT2D eigenvalue weighted by molar-refractivity contribution is 0.344. The van der Waals surface area contributed by atoms with Gasteiger partial charge in [-0.05, 0) is 19.1 Å². The summed E-state index contributed by atoms with van der Waals surface area (Å²) in [5.41, 5.74) is 0.941. The van der Waals surface area contributed by atoms with Gasteiger partial charge in [0.25, 0.3) is 0 Å². The van der Waals surface area contributed by atoms with Crippen molar-refractivity contribution in [3.8, 4) is 5.75 Å². The van der Waals surface area contributed by atoms with Crippen molar-refractivity contribution in [1.29, 1.82) is 0 Å². The summed E-state index contributed by atoms with van der Waals surface area (Å²) >= 11 is 3.34. The smallest absolute Gasteiger partial charge is 0.183 e. The number of para-hydroxylation sites is 1. The van der Waals surface area contributed by atoms with Gasteiger partial charge in [0.15, 0.2) is 5.13 Å². The van der Waals surface area contributed by atoms with E-state index >= 15 is 0 Å². The molecule has 2 aromatic heterocycles. The number of hydrogen-bond acceptors (Lipinski definition) is 6. The Balaban J connectivity index is 1.70. The molecule has 0 atom stereocenters. The second kappa shape index (κ2) is 6.19. The molecule has 3 rings (SSSR count). The lowest BCUT2D eigenvalue weighted by Gasteiger charge is -2.02. The monoisotopic (exact) mass is 305 g/mol. The van der Waals surface area contributed by atoms with Crippen LogP contribution < -0.4 is 10.1 Å². The van der Waals surface area contributed by atoms with Crippen LogP contribution in [0.5, 0.6) is 5.75 Å². The molecule has 0 aliphatic heterocycles. The van der Waals surface area contributed by atoms with E-state index in [9.17, 15) is 0 Å². The highest BCUT2D eigenvalue weighted by atomic mass is 32.1. The Morgan fingerprint density at radius 3 is 3.10 bits per heavy atom. The summed E-state index contributed by atoms with van der Waals surface area (Å²) in [7, 11) is 0. The van der Waals surface area contributed by atoms with E-state index in [1.807, 2.05) is 30.6 Å². The number of anilines is 1. The Bertz CT molecular complexity index is 679. The van der Waals surface area contributed by atoms with Crippen molar-refractivity contribution in [3.05, 3.63) is 34.8 Å². The van der Waals surface area contributed by atoms with Crippen LogP contribution in [0.15, 0.2) is 29.8 Å². The van der Waals surface area contributed by atoms with Gasteiger partial charge in [0.2, 0.25) is 0 Å². The van der Waals surface area contributed by atoms with Crippen molar-refractivity contribution < 1.29 is 4.74 Å². The normalized spacial score (nSPS) is 10.8. The Morgan fingerprint density at radius 2 is 2.30 bits per heavy atom. The molecule has 0 fully saturated rings. The summed E-state index contributed by atoms with van der Waals surface area (Å²) in [5, 5.41) is 7.44. The number of aromatic nitrogens is 2. The van der Waals surface area contributed by atoms with Gasteiger partial charge < -0.3 is 10.1 Å². The van der Waals surface area contributed by atoms with Gasteiger partial charge in [-0.15, -0.1) is 11.3 Å². The molecule has 104 valence electrons. The largest absolute Gasteiger partial charge is 0.492 e. The van der Waals surface area contributed by atoms with Crippen molar-refractivity contribution in [1.82, 2.24) is 9.97 Å². The molecule has 20 heavy (non-hydrogen) atoms. The van der Waals surface area contributed by atoms with Crippen LogP contribution in [-0.4, -0.2) is 23.1 Å². The summed E-state index contributed by atoms with van der Waals surface area (Å²) in [6, 6.07) is 6.04. The Labute approximate surface area is 125 Å². The van der Waals surface area contributed by atoms with Crippen molar-refractivity contribution in [3.63, 3.8) is 0 Å². The fourth-order valence-corrected chi connectivity index (χ4v) is 3.45. The highest BCUT2D eigenvalue weighted by Gasteiger charge is 2.08. The summed E-state index contributed by atoms with van der Waals surface area (Å²) in [6.45, 7) is 3.49. The van der Waals surface area contributed by atoms with Crippen molar-refractivity contribution >= 4 is 38.0 Å². The molecule has 4 nitrogen and oxygen atoms in total. The fraction of sp³-hybridized carbons (Fsp3) is 0.286. The Hall–Kier alpha value is -1.66. The van der Waals surface area contributed by atoms with Crippen molar-refractivity contribution in [2.45, 2.75) is 13.3 Å². The number of thiazole rings is 2. The number of nitrogens with one attached hydrogen (secondary N) is 1. The van der Waals surface area contributed by atoms with Crippen LogP contribution in [0.4, 0.5) is 5.13 Å². The lowest BCUT2D eigenvalue weighted by atomic mass is 10.3. The molecule has 1 N–H and O–H groups in total. The molecule has 0 saturated heterocycles. The zero-order chi connectivity index (χ0) is 13.8. The maximum Gasteiger partial charge on any atom is 0.183 e. The molecule has 0 aliphatic carbocycles. The molecule has 0 aliphatic rings. The first-order valence-corrected chi connectivity index (χ1v) is 8.21. The van der Waals surface area contributed by atoms with E-state index in [2.05, 4.69) is 21.4 Å². The molecule has 0 amide bonds. The number of fused-ring (bicyclic) bond motifs is 1. The average molecular weight is 305 g/mol. The quantitative estimate of drug-likeness (QED) is 0.752. The first-order chi connectivity index (χ1) is 9.86. The molecular weight excluding hydrogens is 290 g/mol. The number of hydrogen-bond donors (Lipinski definition) is 1. The van der Waals surface area contributed by atoms with Crippen LogP contribution in [0.3, 0.4) is 0 Å². The predicted molar refractivity (Wildman–Crippen MR) is 85.1 cm³/mol. The summed E-state index contributed by atoms with van der Waals surface area (Å²) < 4.78 is 6.75. The van der Waals surface area contributed by atoms with Crippen LogP contribution in [0.2, 0.25) is 0 Å². The van der Waals surface area contributed by atoms with E-state index in [1.54, 1.807) is 22.7 Å². The molecular formula is C14H15N3OS2. The SMILES string of the molecule is CCOc1cccc2sc(NCCc3nccs3)nc12. The molecule has 0 unspecified atom stereocenters. The third kappa shape index (κ3) is 2.91. The first kappa shape index (κ1) is 13.3. The van der Waals surface area contributed by atoms with Gasteiger partial charge in [0.1, 0.15) is 11.3 Å². The zero-order valence-electron chi connectivity index (χ0n) is 11.1. The van der Waals surface area contributed by atoms with E-state index in [0.29, 0.717) is 6.61 Å². The topological polar surface area (TPSA) is 47.0 Å². The molecule has 0 radical (unpaired) electrons. The highest BCUT2D eigenvalue weighted by Crippen LogP contribution is 2.32. The van der Waals surface area contributed by atoms with Crippen LogP contribution in [0, 0.1) is 0 Å². The van der Waals surface area contributed by atoms with E-state index in [1.165, 1.54) is 0 Å².